The van der Waals surface area contributed by atoms with Crippen molar-refractivity contribution in [2.24, 2.45) is 0 Å². The van der Waals surface area contributed by atoms with Gasteiger partial charge < -0.3 is 4.90 Å². The lowest BCUT2D eigenvalue weighted by Crippen LogP contribution is -2.51. The number of rotatable bonds is 4. The Kier molecular flexibility index (Phi) is 6.10. The number of sulfonamides is 1. The predicted octanol–water partition coefficient (Wildman–Crippen LogP) is 4.15. The monoisotopic (exact) mass is 450 g/mol. The molecule has 5 nitrogen and oxygen atoms in total. The number of benzene rings is 3. The molecule has 0 bridgehead atoms. The first-order valence-corrected chi connectivity index (χ1v) is 12.5. The molecule has 0 N–H and O–H groups in total. The van der Waals surface area contributed by atoms with Gasteiger partial charge in [0.2, 0.25) is 15.9 Å². The first kappa shape index (κ1) is 22.5. The Morgan fingerprint density at radius 2 is 1.44 bits per heavy atom. The average Bonchev–Trinajstić information content (AvgIpc) is 2.78. The molecule has 3 aromatic rings. The molecule has 32 heavy (non-hydrogen) atoms. The second-order valence-corrected chi connectivity index (χ2v) is 10.6. The number of carbonyl (C=O) groups is 1. The van der Waals surface area contributed by atoms with Crippen LogP contribution < -0.4 is 0 Å². The maximum atomic E-state index is 13.5. The van der Waals surface area contributed by atoms with E-state index in [0.717, 1.165) is 38.6 Å². The molecular formula is C26H30N2O3S. The Hall–Kier alpha value is -2.70. The quantitative estimate of drug-likeness (QED) is 0.600. The van der Waals surface area contributed by atoms with Gasteiger partial charge in [0.05, 0.1) is 11.3 Å². The van der Waals surface area contributed by atoms with E-state index in [-0.39, 0.29) is 5.91 Å². The van der Waals surface area contributed by atoms with Crippen molar-refractivity contribution in [3.8, 4) is 0 Å². The van der Waals surface area contributed by atoms with E-state index in [1.54, 1.807) is 4.90 Å². The highest BCUT2D eigenvalue weighted by Crippen LogP contribution is 2.29. The van der Waals surface area contributed by atoms with Crippen LogP contribution >= 0.6 is 0 Å². The third kappa shape index (κ3) is 4.05. The number of hydrogen-bond acceptors (Lipinski definition) is 3. The summed E-state index contributed by atoms with van der Waals surface area (Å²) in [7, 11) is -3.61. The number of aryl methyl sites for hydroxylation is 2. The van der Waals surface area contributed by atoms with E-state index in [9.17, 15) is 13.2 Å². The highest BCUT2D eigenvalue weighted by molar-refractivity contribution is 7.89. The lowest BCUT2D eigenvalue weighted by molar-refractivity contribution is -0.131. The number of piperazine rings is 1. The summed E-state index contributed by atoms with van der Waals surface area (Å²) < 4.78 is 28.5. The highest BCUT2D eigenvalue weighted by atomic mass is 32.2. The number of amides is 1. The summed E-state index contributed by atoms with van der Waals surface area (Å²) in [4.78, 5) is 15.2. The molecule has 168 valence electrons. The van der Waals surface area contributed by atoms with Crippen molar-refractivity contribution in [3.05, 3.63) is 76.3 Å². The Morgan fingerprint density at radius 3 is 2.09 bits per heavy atom. The van der Waals surface area contributed by atoms with Gasteiger partial charge >= 0.3 is 0 Å². The number of nitrogens with zero attached hydrogens (tertiary/aromatic N) is 2. The van der Waals surface area contributed by atoms with Crippen LogP contribution in [0.3, 0.4) is 0 Å². The molecule has 0 aliphatic carbocycles. The lowest BCUT2D eigenvalue weighted by Gasteiger charge is -2.35. The Morgan fingerprint density at radius 1 is 0.844 bits per heavy atom. The fourth-order valence-corrected chi connectivity index (χ4v) is 6.59. The second-order valence-electron chi connectivity index (χ2n) is 8.69. The van der Waals surface area contributed by atoms with E-state index in [4.69, 9.17) is 0 Å². The number of carbonyl (C=O) groups excluding carboxylic acids is 1. The van der Waals surface area contributed by atoms with Crippen LogP contribution in [0.25, 0.3) is 10.8 Å². The van der Waals surface area contributed by atoms with Gasteiger partial charge in [0.25, 0.3) is 0 Å². The van der Waals surface area contributed by atoms with Crippen molar-refractivity contribution in [2.45, 2.75) is 39.0 Å². The van der Waals surface area contributed by atoms with Crippen LogP contribution in [-0.2, 0) is 21.2 Å². The standard InChI is InChI=1S/C26H30N2O3S/c1-18-16-19(2)21(4)26(20(18)3)32(30,31)28-14-12-27(13-15-28)25(29)17-23-10-7-9-22-8-5-6-11-24(22)23/h5-11,16H,12-15,17H2,1-4H3. The summed E-state index contributed by atoms with van der Waals surface area (Å²) in [6.45, 7) is 9.09. The average molecular weight is 451 g/mol. The van der Waals surface area contributed by atoms with Gasteiger partial charge in [0, 0.05) is 26.2 Å². The first-order valence-electron chi connectivity index (χ1n) is 11.0. The SMILES string of the molecule is Cc1cc(C)c(C)c(S(=O)(=O)N2CCN(C(=O)Cc3cccc4ccccc34)CC2)c1C. The van der Waals surface area contributed by atoms with Crippen molar-refractivity contribution < 1.29 is 13.2 Å². The van der Waals surface area contributed by atoms with E-state index >= 15 is 0 Å². The van der Waals surface area contributed by atoms with Crippen molar-refractivity contribution in [1.82, 2.24) is 9.21 Å². The van der Waals surface area contributed by atoms with Crippen molar-refractivity contribution >= 4 is 26.7 Å². The van der Waals surface area contributed by atoms with Crippen molar-refractivity contribution in [3.63, 3.8) is 0 Å². The van der Waals surface area contributed by atoms with E-state index < -0.39 is 10.0 Å². The molecule has 0 atom stereocenters. The summed E-state index contributed by atoms with van der Waals surface area (Å²) in [5.41, 5.74) is 4.58. The van der Waals surface area contributed by atoms with E-state index in [1.165, 1.54) is 4.31 Å². The molecule has 4 rings (SSSR count). The van der Waals surface area contributed by atoms with E-state index in [1.807, 2.05) is 76.2 Å². The molecule has 0 radical (unpaired) electrons. The topological polar surface area (TPSA) is 57.7 Å². The normalized spacial score (nSPS) is 15.3. The van der Waals surface area contributed by atoms with Crippen LogP contribution in [-0.4, -0.2) is 49.7 Å². The van der Waals surface area contributed by atoms with Gasteiger partial charge in [0.15, 0.2) is 0 Å². The molecule has 0 saturated carbocycles. The van der Waals surface area contributed by atoms with Gasteiger partial charge in [-0.2, -0.15) is 4.31 Å². The molecule has 1 amide bonds. The maximum absolute atomic E-state index is 13.5. The molecule has 0 aromatic heterocycles. The summed E-state index contributed by atoms with van der Waals surface area (Å²) in [5, 5.41) is 2.21. The zero-order valence-electron chi connectivity index (χ0n) is 19.2. The third-order valence-electron chi connectivity index (χ3n) is 6.71. The lowest BCUT2D eigenvalue weighted by atomic mass is 10.0. The zero-order valence-corrected chi connectivity index (χ0v) is 20.0. The fourth-order valence-electron chi connectivity index (χ4n) is 4.60. The van der Waals surface area contributed by atoms with Crippen LogP contribution in [0.4, 0.5) is 0 Å². The Balaban J connectivity index is 1.49. The molecule has 6 heteroatoms. The largest absolute Gasteiger partial charge is 0.340 e. The molecule has 1 saturated heterocycles. The van der Waals surface area contributed by atoms with Crippen LogP contribution in [0.5, 0.6) is 0 Å². The molecule has 1 fully saturated rings. The molecule has 1 heterocycles. The molecular weight excluding hydrogens is 420 g/mol. The van der Waals surface area contributed by atoms with E-state index in [0.29, 0.717) is 37.5 Å². The maximum Gasteiger partial charge on any atom is 0.243 e. The summed E-state index contributed by atoms with van der Waals surface area (Å²) in [6.07, 6.45) is 0.323. The number of fused-ring (bicyclic) bond motifs is 1. The minimum atomic E-state index is -3.61. The van der Waals surface area contributed by atoms with Crippen LogP contribution in [0.15, 0.2) is 53.4 Å². The smallest absolute Gasteiger partial charge is 0.243 e. The minimum Gasteiger partial charge on any atom is -0.340 e. The van der Waals surface area contributed by atoms with E-state index in [2.05, 4.69) is 0 Å². The van der Waals surface area contributed by atoms with Crippen LogP contribution in [0.1, 0.15) is 27.8 Å². The third-order valence-corrected chi connectivity index (χ3v) is 8.88. The molecule has 1 aliphatic rings. The van der Waals surface area contributed by atoms with Crippen LogP contribution in [0.2, 0.25) is 0 Å². The first-order chi connectivity index (χ1) is 15.2. The molecule has 3 aromatic carbocycles. The summed E-state index contributed by atoms with van der Waals surface area (Å²) in [5.74, 6) is 0.0390. The van der Waals surface area contributed by atoms with Gasteiger partial charge in [-0.05, 0) is 66.3 Å². The van der Waals surface area contributed by atoms with Crippen molar-refractivity contribution in [1.29, 1.82) is 0 Å². The Bertz CT molecular complexity index is 1260. The summed E-state index contributed by atoms with van der Waals surface area (Å²) in [6, 6.07) is 16.1. The van der Waals surface area contributed by atoms with Crippen LogP contribution in [0, 0.1) is 27.7 Å². The second kappa shape index (κ2) is 8.68. The van der Waals surface area contributed by atoms with Gasteiger partial charge in [-0.25, -0.2) is 8.42 Å². The predicted molar refractivity (Wildman–Crippen MR) is 128 cm³/mol. The van der Waals surface area contributed by atoms with Gasteiger partial charge in [-0.1, -0.05) is 48.5 Å². The molecule has 0 unspecified atom stereocenters. The highest BCUT2D eigenvalue weighted by Gasteiger charge is 2.32. The minimum absolute atomic E-state index is 0.0390. The Labute approximate surface area is 190 Å². The number of hydrogen-bond donors (Lipinski definition) is 0. The van der Waals surface area contributed by atoms with Gasteiger partial charge in [-0.3, -0.25) is 4.79 Å². The van der Waals surface area contributed by atoms with Crippen molar-refractivity contribution in [2.75, 3.05) is 26.2 Å². The molecule has 1 aliphatic heterocycles. The summed E-state index contributed by atoms with van der Waals surface area (Å²) >= 11 is 0. The molecule has 0 spiro atoms. The van der Waals surface area contributed by atoms with Gasteiger partial charge in [0.1, 0.15) is 0 Å². The van der Waals surface area contributed by atoms with Gasteiger partial charge in [-0.15, -0.1) is 0 Å². The zero-order chi connectivity index (χ0) is 23.0. The fraction of sp³-hybridized carbons (Fsp3) is 0.346.